The average Bonchev–Trinajstić information content (AvgIpc) is 3.22. The minimum atomic E-state index is -0.257. The van der Waals surface area contributed by atoms with Gasteiger partial charge in [-0.1, -0.05) is 117 Å². The second-order valence-corrected chi connectivity index (χ2v) is 23.6. The fourth-order valence-electron chi connectivity index (χ4n) is 12.7. The van der Waals surface area contributed by atoms with E-state index in [9.17, 15) is 4.79 Å². The molecule has 0 spiro atoms. The van der Waals surface area contributed by atoms with Crippen LogP contribution in [0.2, 0.25) is 0 Å². The van der Waals surface area contributed by atoms with Gasteiger partial charge >= 0.3 is 5.97 Å². The first kappa shape index (κ1) is 55.5. The fraction of sp³-hybridized carbons (Fsp3) is 0.324. The van der Waals surface area contributed by atoms with E-state index >= 15 is 0 Å². The summed E-state index contributed by atoms with van der Waals surface area (Å²) < 4.78 is 8.21. The second kappa shape index (κ2) is 23.6. The van der Waals surface area contributed by atoms with Gasteiger partial charge in [-0.05, 0) is 151 Å². The largest absolute Gasteiger partial charge is 0.465 e. The number of likely N-dealkylation sites (N-methyl/N-ethyl adjacent to an activating group) is 1. The van der Waals surface area contributed by atoms with Crippen LogP contribution in [0.4, 0.5) is 45.5 Å². The molecule has 0 bridgehead atoms. The number of ether oxygens (including phenoxy) is 1. The number of fused-ring (bicyclic) bond motifs is 3. The summed E-state index contributed by atoms with van der Waals surface area (Å²) in [5.74, 6) is -0.150. The van der Waals surface area contributed by atoms with Crippen molar-refractivity contribution >= 4 is 78.7 Å². The van der Waals surface area contributed by atoms with Crippen molar-refractivity contribution in [3.05, 3.63) is 203 Å². The highest BCUT2D eigenvalue weighted by molar-refractivity contribution is 6.10. The van der Waals surface area contributed by atoms with Gasteiger partial charge in [-0.15, -0.1) is 15.3 Å². The monoisotopic (exact) mass is 1090 g/mol. The molecule has 0 saturated heterocycles. The van der Waals surface area contributed by atoms with Crippen molar-refractivity contribution in [2.45, 2.75) is 123 Å². The smallest absolute Gasteiger partial charge is 0.305 e. The van der Waals surface area contributed by atoms with Crippen LogP contribution >= 0.6 is 0 Å². The van der Waals surface area contributed by atoms with Crippen molar-refractivity contribution in [3.63, 3.8) is 0 Å². The molecule has 0 atom stereocenters. The van der Waals surface area contributed by atoms with Crippen LogP contribution in [-0.2, 0) is 26.8 Å². The third-order valence-electron chi connectivity index (χ3n) is 16.9. The van der Waals surface area contributed by atoms with Crippen LogP contribution in [0.5, 0.6) is 0 Å². The maximum atomic E-state index is 13.0. The third kappa shape index (κ3) is 11.3. The van der Waals surface area contributed by atoms with Crippen molar-refractivity contribution in [1.29, 1.82) is 0 Å². The Morgan fingerprint density at radius 1 is 0.659 bits per heavy atom. The highest BCUT2D eigenvalue weighted by atomic mass is 16.5. The lowest BCUT2D eigenvalue weighted by atomic mass is 9.81. The van der Waals surface area contributed by atoms with Gasteiger partial charge in [0.05, 0.1) is 34.8 Å². The molecule has 11 heteroatoms. The zero-order valence-corrected chi connectivity index (χ0v) is 49.1. The van der Waals surface area contributed by atoms with Gasteiger partial charge in [-0.25, -0.2) is 0 Å². The van der Waals surface area contributed by atoms with E-state index in [4.69, 9.17) is 15.0 Å². The van der Waals surface area contributed by atoms with E-state index in [1.807, 2.05) is 66.7 Å². The predicted octanol–water partition coefficient (Wildman–Crippen LogP) is 18.4. The number of nitrogens with one attached hydrogen (secondary N) is 3. The van der Waals surface area contributed by atoms with Crippen LogP contribution in [0.15, 0.2) is 207 Å². The lowest BCUT2D eigenvalue weighted by Crippen LogP contribution is -2.41. The van der Waals surface area contributed by atoms with Crippen LogP contribution in [0.3, 0.4) is 0 Å². The Hall–Kier alpha value is -8.44. The summed E-state index contributed by atoms with van der Waals surface area (Å²) in [5.41, 5.74) is 17.8. The summed E-state index contributed by atoms with van der Waals surface area (Å²) in [4.78, 5) is 15.4. The van der Waals surface area contributed by atoms with E-state index in [0.29, 0.717) is 19.4 Å². The molecule has 11 nitrogen and oxygen atoms in total. The SMILES string of the molecule is CCN1/C(=C/C=C2\CCCC(/C=C/C3=[N+](CC)c4ccccc4C3(C)C)=C2NCCCCCC(=O)OCCc2ccc(/N=N/c3ccc(/N=N/c4ccc5c6c(cccc46)NC(C)(C)N5)c4ccccc34)cc2)C(C)(C)c2ccccc21. The number of rotatable bonds is 19. The van der Waals surface area contributed by atoms with Gasteiger partial charge < -0.3 is 25.6 Å². The molecule has 11 rings (SSSR count). The Morgan fingerprint density at radius 3 is 2.06 bits per heavy atom. The van der Waals surface area contributed by atoms with Gasteiger partial charge in [0.1, 0.15) is 12.2 Å². The summed E-state index contributed by atoms with van der Waals surface area (Å²) in [6, 6.07) is 48.0. The van der Waals surface area contributed by atoms with Gasteiger partial charge in [0.2, 0.25) is 5.69 Å². The minimum absolute atomic E-state index is 0.0958. The fourth-order valence-corrected chi connectivity index (χ4v) is 12.7. The molecule has 3 N–H and O–H groups in total. The maximum Gasteiger partial charge on any atom is 0.305 e. The van der Waals surface area contributed by atoms with Crippen LogP contribution in [0, 0.1) is 0 Å². The number of hydrogen-bond donors (Lipinski definition) is 3. The van der Waals surface area contributed by atoms with Gasteiger partial charge in [0, 0.05) is 99.1 Å². The zero-order valence-electron chi connectivity index (χ0n) is 49.1. The number of unbranched alkanes of at least 4 members (excludes halogenated alkanes) is 2. The van der Waals surface area contributed by atoms with Gasteiger partial charge in [-0.3, -0.25) is 4.79 Å². The van der Waals surface area contributed by atoms with E-state index in [1.54, 1.807) is 0 Å². The minimum Gasteiger partial charge on any atom is -0.465 e. The molecule has 3 aliphatic heterocycles. The number of nitrogens with zero attached hydrogens (tertiary/aromatic N) is 6. The average molecular weight is 1090 g/mol. The number of allylic oxidation sites excluding steroid dienone is 7. The molecule has 0 saturated carbocycles. The van der Waals surface area contributed by atoms with Crippen molar-refractivity contribution in [2.24, 2.45) is 20.5 Å². The topological polar surface area (TPSA) is 118 Å². The van der Waals surface area contributed by atoms with Crippen molar-refractivity contribution < 1.29 is 14.1 Å². The number of carbonyl (C=O) groups is 1. The first-order valence-corrected chi connectivity index (χ1v) is 29.6. The lowest BCUT2D eigenvalue weighted by molar-refractivity contribution is -0.433. The van der Waals surface area contributed by atoms with Crippen LogP contribution in [-0.4, -0.2) is 48.2 Å². The van der Waals surface area contributed by atoms with Gasteiger partial charge in [-0.2, -0.15) is 9.69 Å². The quantitative estimate of drug-likeness (QED) is 0.0321. The maximum absolute atomic E-state index is 13.0. The summed E-state index contributed by atoms with van der Waals surface area (Å²) in [5, 5.41) is 33.9. The normalized spacial score (nSPS) is 17.9. The molecule has 0 aromatic heterocycles. The molecule has 418 valence electrons. The summed E-state index contributed by atoms with van der Waals surface area (Å²) >= 11 is 0. The zero-order chi connectivity index (χ0) is 57.0. The molecule has 1 aliphatic carbocycles. The summed E-state index contributed by atoms with van der Waals surface area (Å²) in [6.07, 6.45) is 16.4. The van der Waals surface area contributed by atoms with Crippen LogP contribution < -0.4 is 20.9 Å². The first-order chi connectivity index (χ1) is 39.7. The highest BCUT2D eigenvalue weighted by Crippen LogP contribution is 2.48. The van der Waals surface area contributed by atoms with Crippen molar-refractivity contribution in [3.8, 4) is 0 Å². The molecule has 4 aliphatic rings. The Bertz CT molecular complexity index is 3780. The number of hydrogen-bond acceptors (Lipinski definition) is 10. The highest BCUT2D eigenvalue weighted by Gasteiger charge is 2.44. The Kier molecular flexibility index (Phi) is 15.9. The Balaban J connectivity index is 0.683. The second-order valence-electron chi connectivity index (χ2n) is 23.6. The Morgan fingerprint density at radius 2 is 1.32 bits per heavy atom. The number of azo groups is 2. The number of esters is 1. The number of benzene rings is 7. The van der Waals surface area contributed by atoms with Crippen LogP contribution in [0.1, 0.15) is 117 Å². The van der Waals surface area contributed by atoms with E-state index < -0.39 is 0 Å². The standard InChI is InChI=1S/C71H77N9O2/c1-9-79-62-30-17-15-27-55(62)69(3,4)64(79)43-35-49-22-20-23-50(36-44-65-70(5,6)56-28-16-18-31-63(56)80(65)10-2)68(49)72-46-19-11-12-32-66(81)82-47-45-48-33-37-51(38-34-48)75-76-57-39-40-58(53-25-14-13-24-52(53)57)77-78-59-41-42-61-67-54(59)26-21-29-60(67)73-71(7,8)74-61/h13-18,21,24-31,33-44H,9-12,19-20,22-23,32,45-47H2,1-8H3,(H2,73,74,75,77)/p+1/b49-35+,64-43+. The molecular formula is C71H78N9O2+. The van der Waals surface area contributed by atoms with Crippen molar-refractivity contribution in [1.82, 2.24) is 5.32 Å². The molecule has 3 heterocycles. The molecule has 0 unspecified atom stereocenters. The molecule has 0 radical (unpaired) electrons. The van der Waals surface area contributed by atoms with E-state index in [0.717, 1.165) is 119 Å². The first-order valence-electron chi connectivity index (χ1n) is 29.6. The third-order valence-corrected chi connectivity index (χ3v) is 16.9. The molecule has 7 aromatic carbocycles. The van der Waals surface area contributed by atoms with E-state index in [2.05, 4.69) is 188 Å². The van der Waals surface area contributed by atoms with Gasteiger partial charge in [0.15, 0.2) is 5.71 Å². The number of anilines is 3. The predicted molar refractivity (Wildman–Crippen MR) is 339 cm³/mol. The summed E-state index contributed by atoms with van der Waals surface area (Å²) in [6.45, 7) is 21.2. The summed E-state index contributed by atoms with van der Waals surface area (Å²) in [7, 11) is 0. The number of carbonyl (C=O) groups excluding carboxylic acids is 1. The van der Waals surface area contributed by atoms with Gasteiger partial charge in [0.25, 0.3) is 0 Å². The van der Waals surface area contributed by atoms with Crippen molar-refractivity contribution in [2.75, 3.05) is 41.8 Å². The number of para-hydroxylation sites is 2. The van der Waals surface area contributed by atoms with E-state index in [-0.39, 0.29) is 22.5 Å². The molecule has 7 aromatic rings. The molecule has 82 heavy (non-hydrogen) atoms. The molecule has 0 amide bonds. The molecule has 0 fully saturated rings. The lowest BCUT2D eigenvalue weighted by Gasteiger charge is -2.36. The Labute approximate surface area is 484 Å². The molecular weight excluding hydrogens is 1010 g/mol. The van der Waals surface area contributed by atoms with Crippen LogP contribution in [0.25, 0.3) is 21.5 Å². The van der Waals surface area contributed by atoms with E-state index in [1.165, 1.54) is 50.8 Å².